The van der Waals surface area contributed by atoms with Crippen molar-refractivity contribution in [3.05, 3.63) is 44.7 Å². The molecule has 2 aromatic rings. The van der Waals surface area contributed by atoms with Crippen LogP contribution < -0.4 is 20.5 Å². The van der Waals surface area contributed by atoms with Crippen LogP contribution in [0.4, 0.5) is 9.80 Å². The van der Waals surface area contributed by atoms with E-state index in [0.717, 1.165) is 52.8 Å². The lowest BCUT2D eigenvalue weighted by Gasteiger charge is -2.13. The third kappa shape index (κ3) is 4.66. The Morgan fingerprint density at radius 3 is 2.59 bits per heavy atom. The summed E-state index contributed by atoms with van der Waals surface area (Å²) < 4.78 is 10.5. The van der Waals surface area contributed by atoms with Gasteiger partial charge in [-0.2, -0.15) is 0 Å². The van der Waals surface area contributed by atoms with E-state index in [1.54, 1.807) is 24.3 Å². The maximum Gasteiger partial charge on any atom is 0.294 e. The van der Waals surface area contributed by atoms with Gasteiger partial charge in [-0.1, -0.05) is 6.07 Å². The van der Waals surface area contributed by atoms with Crippen molar-refractivity contribution in [3.63, 3.8) is 0 Å². The number of thioether (sulfide) groups is 1. The van der Waals surface area contributed by atoms with Gasteiger partial charge in [0.2, 0.25) is 5.91 Å². The molecule has 1 saturated heterocycles. The Labute approximate surface area is 204 Å². The molecule has 1 fully saturated rings. The number of thiophene rings is 1. The zero-order valence-electron chi connectivity index (χ0n) is 18.6. The monoisotopic (exact) mass is 501 g/mol. The molecular formula is C23H23N3O6S2. The standard InChI is InChI=1S/C23H23N3O6S2/c1-31-14-8-7-12(9-15(14)32-2)10-17-22(29)26(23(30)34-17)11-18(27)25-21-19(20(24)28)13-5-3-4-6-16(13)33-21/h7-10H,3-6,11H2,1-2H3,(H2,24,28)(H,25,27). The van der Waals surface area contributed by atoms with Crippen LogP contribution in [-0.4, -0.2) is 48.6 Å². The second kappa shape index (κ2) is 9.90. The van der Waals surface area contributed by atoms with Gasteiger partial charge in [-0.25, -0.2) is 0 Å². The summed E-state index contributed by atoms with van der Waals surface area (Å²) in [5, 5.41) is 2.51. The van der Waals surface area contributed by atoms with E-state index < -0.39 is 29.5 Å². The number of anilines is 1. The van der Waals surface area contributed by atoms with Crippen molar-refractivity contribution in [3.8, 4) is 11.5 Å². The van der Waals surface area contributed by atoms with Crippen LogP contribution in [0, 0.1) is 0 Å². The number of aryl methyl sites for hydroxylation is 1. The van der Waals surface area contributed by atoms with Gasteiger partial charge in [0.05, 0.1) is 24.7 Å². The lowest BCUT2D eigenvalue weighted by atomic mass is 9.95. The molecule has 9 nitrogen and oxygen atoms in total. The van der Waals surface area contributed by atoms with E-state index in [9.17, 15) is 19.2 Å². The number of nitrogens with one attached hydrogen (secondary N) is 1. The van der Waals surface area contributed by atoms with E-state index in [-0.39, 0.29) is 4.91 Å². The van der Waals surface area contributed by atoms with Gasteiger partial charge in [0.15, 0.2) is 11.5 Å². The third-order valence-corrected chi connectivity index (χ3v) is 7.67. The summed E-state index contributed by atoms with van der Waals surface area (Å²) in [5.74, 6) is -0.719. The molecule has 34 heavy (non-hydrogen) atoms. The predicted octanol–water partition coefficient (Wildman–Crippen LogP) is 3.42. The Morgan fingerprint density at radius 2 is 1.88 bits per heavy atom. The Bertz CT molecular complexity index is 1220. The molecular weight excluding hydrogens is 478 g/mol. The molecule has 4 rings (SSSR count). The summed E-state index contributed by atoms with van der Waals surface area (Å²) in [7, 11) is 3.02. The van der Waals surface area contributed by atoms with Crippen LogP contribution in [0.3, 0.4) is 0 Å². The fraction of sp³-hybridized carbons (Fsp3) is 0.304. The number of fused-ring (bicyclic) bond motifs is 1. The summed E-state index contributed by atoms with van der Waals surface area (Å²) in [6.07, 6.45) is 5.11. The van der Waals surface area contributed by atoms with Crippen LogP contribution in [0.1, 0.15) is 39.2 Å². The first-order valence-electron chi connectivity index (χ1n) is 10.5. The van der Waals surface area contributed by atoms with Crippen molar-refractivity contribution in [2.24, 2.45) is 5.73 Å². The van der Waals surface area contributed by atoms with E-state index in [1.165, 1.54) is 25.6 Å². The highest BCUT2D eigenvalue weighted by atomic mass is 32.2. The minimum Gasteiger partial charge on any atom is -0.493 e. The number of carbonyl (C=O) groups is 4. The molecule has 2 aliphatic rings. The number of nitrogens with zero attached hydrogens (tertiary/aromatic N) is 1. The van der Waals surface area contributed by atoms with Gasteiger partial charge in [-0.15, -0.1) is 11.3 Å². The van der Waals surface area contributed by atoms with Gasteiger partial charge in [0.1, 0.15) is 11.5 Å². The summed E-state index contributed by atoms with van der Waals surface area (Å²) in [6.45, 7) is -0.464. The molecule has 1 aliphatic heterocycles. The highest BCUT2D eigenvalue weighted by Crippen LogP contribution is 2.38. The number of ether oxygens (including phenoxy) is 2. The Kier molecular flexibility index (Phi) is 6.94. The fourth-order valence-electron chi connectivity index (χ4n) is 3.95. The number of carbonyl (C=O) groups excluding carboxylic acids is 4. The van der Waals surface area contributed by atoms with E-state index in [2.05, 4.69) is 5.32 Å². The second-order valence-electron chi connectivity index (χ2n) is 7.71. The smallest absolute Gasteiger partial charge is 0.294 e. The minimum atomic E-state index is -0.598. The minimum absolute atomic E-state index is 0.189. The number of imide groups is 1. The lowest BCUT2D eigenvalue weighted by molar-refractivity contribution is -0.127. The van der Waals surface area contributed by atoms with Crippen molar-refractivity contribution >= 4 is 57.1 Å². The number of hydrogen-bond donors (Lipinski definition) is 2. The predicted molar refractivity (Wildman–Crippen MR) is 130 cm³/mol. The Balaban J connectivity index is 1.49. The highest BCUT2D eigenvalue weighted by molar-refractivity contribution is 8.18. The number of benzene rings is 1. The van der Waals surface area contributed by atoms with Crippen molar-refractivity contribution in [1.82, 2.24) is 4.90 Å². The lowest BCUT2D eigenvalue weighted by Crippen LogP contribution is -2.36. The zero-order chi connectivity index (χ0) is 24.4. The molecule has 11 heteroatoms. The number of amides is 4. The van der Waals surface area contributed by atoms with Gasteiger partial charge < -0.3 is 20.5 Å². The molecule has 3 N–H and O–H groups in total. The van der Waals surface area contributed by atoms with Gasteiger partial charge in [0.25, 0.3) is 17.1 Å². The van der Waals surface area contributed by atoms with E-state index >= 15 is 0 Å². The molecule has 0 unspecified atom stereocenters. The maximum atomic E-state index is 12.8. The van der Waals surface area contributed by atoms with Crippen molar-refractivity contribution in [2.75, 3.05) is 26.1 Å². The molecule has 0 spiro atoms. The number of rotatable bonds is 7. The van der Waals surface area contributed by atoms with Gasteiger partial charge >= 0.3 is 0 Å². The first-order valence-corrected chi connectivity index (χ1v) is 12.2. The summed E-state index contributed by atoms with van der Waals surface area (Å²) >= 11 is 2.08. The van der Waals surface area contributed by atoms with Gasteiger partial charge in [0, 0.05) is 4.88 Å². The second-order valence-corrected chi connectivity index (χ2v) is 9.81. The summed E-state index contributed by atoms with van der Waals surface area (Å²) in [6, 6.07) is 5.11. The number of nitrogens with two attached hydrogens (primary N) is 1. The van der Waals surface area contributed by atoms with Gasteiger partial charge in [-0.05, 0) is 66.8 Å². The Morgan fingerprint density at radius 1 is 1.15 bits per heavy atom. The average Bonchev–Trinajstić information content (AvgIpc) is 3.30. The molecule has 1 aromatic carbocycles. The van der Waals surface area contributed by atoms with E-state index in [4.69, 9.17) is 15.2 Å². The van der Waals surface area contributed by atoms with Crippen molar-refractivity contribution < 1.29 is 28.7 Å². The van der Waals surface area contributed by atoms with E-state index in [0.29, 0.717) is 27.6 Å². The third-order valence-electron chi connectivity index (χ3n) is 5.55. The largest absolute Gasteiger partial charge is 0.493 e. The topological polar surface area (TPSA) is 128 Å². The molecule has 0 bridgehead atoms. The SMILES string of the molecule is COc1ccc(C=C2SC(=O)N(CC(=O)Nc3sc4c(c3C(N)=O)CCCC4)C2=O)cc1OC. The first kappa shape index (κ1) is 23.8. The van der Waals surface area contributed by atoms with Crippen molar-refractivity contribution in [1.29, 1.82) is 0 Å². The van der Waals surface area contributed by atoms with E-state index in [1.807, 2.05) is 0 Å². The molecule has 0 radical (unpaired) electrons. The molecule has 178 valence electrons. The van der Waals surface area contributed by atoms with Crippen LogP contribution >= 0.6 is 23.1 Å². The van der Waals surface area contributed by atoms with Gasteiger partial charge in [-0.3, -0.25) is 24.1 Å². The quantitative estimate of drug-likeness (QED) is 0.556. The number of methoxy groups -OCH3 is 2. The fourth-order valence-corrected chi connectivity index (χ4v) is 6.10. The number of hydrogen-bond acceptors (Lipinski definition) is 8. The zero-order valence-corrected chi connectivity index (χ0v) is 20.3. The van der Waals surface area contributed by atoms with Crippen LogP contribution in [-0.2, 0) is 22.4 Å². The van der Waals surface area contributed by atoms with Crippen LogP contribution in [0.15, 0.2) is 23.1 Å². The molecule has 1 aliphatic carbocycles. The Hall–Kier alpha value is -3.31. The highest BCUT2D eigenvalue weighted by Gasteiger charge is 2.36. The summed E-state index contributed by atoms with van der Waals surface area (Å²) in [5.41, 5.74) is 7.43. The molecule has 0 saturated carbocycles. The van der Waals surface area contributed by atoms with Crippen LogP contribution in [0.5, 0.6) is 11.5 Å². The average molecular weight is 502 g/mol. The molecule has 2 heterocycles. The molecule has 4 amide bonds. The first-order chi connectivity index (χ1) is 16.3. The molecule has 0 atom stereocenters. The van der Waals surface area contributed by atoms with Crippen LogP contribution in [0.2, 0.25) is 0 Å². The van der Waals surface area contributed by atoms with Crippen molar-refractivity contribution in [2.45, 2.75) is 25.7 Å². The normalized spacial score (nSPS) is 16.5. The molecule has 1 aromatic heterocycles. The van der Waals surface area contributed by atoms with Crippen LogP contribution in [0.25, 0.3) is 6.08 Å². The number of primary amides is 1. The summed E-state index contributed by atoms with van der Waals surface area (Å²) in [4.78, 5) is 52.1. The maximum absolute atomic E-state index is 12.8.